The minimum atomic E-state index is -0.307. The summed E-state index contributed by atoms with van der Waals surface area (Å²) in [4.78, 5) is 42.3. The van der Waals surface area contributed by atoms with Crippen LogP contribution in [0.4, 0.5) is 23.1 Å². The van der Waals surface area contributed by atoms with Crippen LogP contribution in [0.1, 0.15) is 0 Å². The maximum Gasteiger partial charge on any atom is 0.247 e. The maximum absolute atomic E-state index is 12.5. The highest BCUT2D eigenvalue weighted by Gasteiger charge is 2.15. The lowest BCUT2D eigenvalue weighted by atomic mass is 10.2. The zero-order chi connectivity index (χ0) is 25.1. The number of aromatic nitrogens is 4. The van der Waals surface area contributed by atoms with Crippen molar-refractivity contribution >= 4 is 40.1 Å². The number of hydrogen-bond acceptors (Lipinski definition) is 8. The Hall–Kier alpha value is -4.57. The first-order valence-electron chi connectivity index (χ1n) is 11.6. The highest BCUT2D eigenvalue weighted by atomic mass is 16.1. The molecule has 4 aromatic rings. The molecule has 1 aromatic carbocycles. The van der Waals surface area contributed by atoms with Gasteiger partial charge in [0.2, 0.25) is 11.9 Å². The van der Waals surface area contributed by atoms with Crippen molar-refractivity contribution in [2.45, 2.75) is 0 Å². The molecule has 0 aliphatic carbocycles. The Morgan fingerprint density at radius 3 is 2.61 bits per heavy atom. The molecule has 4 heterocycles. The van der Waals surface area contributed by atoms with Crippen LogP contribution in [0, 0.1) is 0 Å². The average Bonchev–Trinajstić information content (AvgIpc) is 2.90. The second-order valence-electron chi connectivity index (χ2n) is 8.54. The minimum Gasteiger partial charge on any atom is -0.354 e. The van der Waals surface area contributed by atoms with Crippen LogP contribution in [0.5, 0.6) is 0 Å². The van der Waals surface area contributed by atoms with Gasteiger partial charge in [-0.15, -0.1) is 0 Å². The Morgan fingerprint density at radius 1 is 1.03 bits per heavy atom. The molecule has 10 heteroatoms. The molecule has 1 aliphatic heterocycles. The molecule has 5 rings (SSSR count). The number of rotatable bonds is 6. The van der Waals surface area contributed by atoms with E-state index >= 15 is 0 Å². The predicted octanol–water partition coefficient (Wildman–Crippen LogP) is 2.80. The summed E-state index contributed by atoms with van der Waals surface area (Å²) in [5.74, 6) is 0.968. The fourth-order valence-electron chi connectivity index (χ4n) is 4.04. The van der Waals surface area contributed by atoms with Gasteiger partial charge >= 0.3 is 0 Å². The number of pyridine rings is 2. The molecule has 0 atom stereocenters. The molecule has 2 N–H and O–H groups in total. The molecule has 0 spiro atoms. The predicted molar refractivity (Wildman–Crippen MR) is 141 cm³/mol. The fourth-order valence-corrected chi connectivity index (χ4v) is 4.04. The number of piperazine rings is 1. The van der Waals surface area contributed by atoms with Gasteiger partial charge in [0.25, 0.3) is 0 Å². The van der Waals surface area contributed by atoms with Gasteiger partial charge in [0.05, 0.1) is 17.3 Å². The van der Waals surface area contributed by atoms with Gasteiger partial charge in [-0.1, -0.05) is 12.6 Å². The van der Waals surface area contributed by atoms with E-state index in [1.54, 1.807) is 29.1 Å². The van der Waals surface area contributed by atoms with E-state index in [0.717, 1.165) is 43.4 Å². The summed E-state index contributed by atoms with van der Waals surface area (Å²) in [6.07, 6.45) is 6.13. The molecule has 0 bridgehead atoms. The van der Waals surface area contributed by atoms with Gasteiger partial charge < -0.3 is 25.0 Å². The number of amides is 1. The summed E-state index contributed by atoms with van der Waals surface area (Å²) in [7, 11) is 2.12. The highest BCUT2D eigenvalue weighted by Crippen LogP contribution is 2.21. The van der Waals surface area contributed by atoms with Crippen molar-refractivity contribution < 1.29 is 4.79 Å². The average molecular weight is 483 g/mol. The van der Waals surface area contributed by atoms with Crippen molar-refractivity contribution in [3.05, 3.63) is 83.9 Å². The van der Waals surface area contributed by atoms with E-state index < -0.39 is 0 Å². The van der Waals surface area contributed by atoms with Crippen LogP contribution < -0.4 is 21.0 Å². The number of fused-ring (bicyclic) bond motifs is 1. The Labute approximate surface area is 207 Å². The Kier molecular flexibility index (Phi) is 6.42. The van der Waals surface area contributed by atoms with Gasteiger partial charge in [-0.25, -0.2) is 9.97 Å². The van der Waals surface area contributed by atoms with Crippen molar-refractivity contribution in [3.63, 3.8) is 0 Å². The summed E-state index contributed by atoms with van der Waals surface area (Å²) >= 11 is 0. The quantitative estimate of drug-likeness (QED) is 0.404. The number of carbonyl (C=O) groups excluding carboxylic acids is 1. The lowest BCUT2D eigenvalue weighted by Gasteiger charge is -2.33. The molecular weight excluding hydrogens is 456 g/mol. The molecule has 0 radical (unpaired) electrons. The van der Waals surface area contributed by atoms with Crippen LogP contribution in [0.3, 0.4) is 0 Å². The van der Waals surface area contributed by atoms with Crippen molar-refractivity contribution in [1.82, 2.24) is 24.4 Å². The monoisotopic (exact) mass is 482 g/mol. The van der Waals surface area contributed by atoms with Gasteiger partial charge in [-0.05, 0) is 43.5 Å². The minimum absolute atomic E-state index is 0.179. The Bertz CT molecular complexity index is 1470. The third-order valence-electron chi connectivity index (χ3n) is 6.05. The molecule has 1 amide bonds. The van der Waals surface area contributed by atoms with Crippen LogP contribution in [0.2, 0.25) is 0 Å². The third-order valence-corrected chi connectivity index (χ3v) is 6.05. The van der Waals surface area contributed by atoms with Crippen molar-refractivity contribution in [2.75, 3.05) is 48.8 Å². The van der Waals surface area contributed by atoms with Crippen molar-refractivity contribution in [3.8, 4) is 5.69 Å². The standard InChI is InChI=1S/C26H26N8O2/c1-3-24(36)29-18-5-4-6-20(15-18)34-10-9-22(35)21-17-28-26(31-25(21)34)30-19-7-8-23(27-16-19)33-13-11-32(2)12-14-33/h3-10,15-17H,1,11-14H2,2H3,(H,29,36)(H,28,30,31). The van der Waals surface area contributed by atoms with Gasteiger partial charge in [-0.3, -0.25) is 9.59 Å². The largest absolute Gasteiger partial charge is 0.354 e. The van der Waals surface area contributed by atoms with E-state index in [-0.39, 0.29) is 11.3 Å². The van der Waals surface area contributed by atoms with Gasteiger partial charge in [0.15, 0.2) is 11.1 Å². The summed E-state index contributed by atoms with van der Waals surface area (Å²) < 4.78 is 1.78. The van der Waals surface area contributed by atoms with E-state index in [4.69, 9.17) is 0 Å². The second-order valence-corrected chi connectivity index (χ2v) is 8.54. The third kappa shape index (κ3) is 4.93. The molecule has 0 unspecified atom stereocenters. The molecular formula is C26H26N8O2. The number of likely N-dealkylation sites (N-methyl/N-ethyl adjacent to an activating group) is 1. The molecule has 1 aliphatic rings. The van der Waals surface area contributed by atoms with Crippen LogP contribution >= 0.6 is 0 Å². The summed E-state index contributed by atoms with van der Waals surface area (Å²) in [6.45, 7) is 7.39. The fraction of sp³-hybridized carbons (Fsp3) is 0.192. The van der Waals surface area contributed by atoms with Crippen LogP contribution in [0.25, 0.3) is 16.7 Å². The zero-order valence-electron chi connectivity index (χ0n) is 19.9. The van der Waals surface area contributed by atoms with Crippen molar-refractivity contribution in [2.24, 2.45) is 0 Å². The van der Waals surface area contributed by atoms with Crippen LogP contribution in [-0.2, 0) is 4.79 Å². The first-order chi connectivity index (χ1) is 17.5. The number of nitrogens with one attached hydrogen (secondary N) is 2. The maximum atomic E-state index is 12.5. The van der Waals surface area contributed by atoms with E-state index in [1.165, 1.54) is 18.3 Å². The summed E-state index contributed by atoms with van der Waals surface area (Å²) in [6, 6.07) is 12.6. The highest BCUT2D eigenvalue weighted by molar-refractivity contribution is 5.99. The number of anilines is 4. The number of benzene rings is 1. The first-order valence-corrected chi connectivity index (χ1v) is 11.6. The molecule has 182 valence electrons. The Balaban J connectivity index is 1.43. The first kappa shape index (κ1) is 23.2. The van der Waals surface area contributed by atoms with E-state index in [0.29, 0.717) is 22.7 Å². The van der Waals surface area contributed by atoms with E-state index in [9.17, 15) is 9.59 Å². The lowest BCUT2D eigenvalue weighted by Crippen LogP contribution is -2.44. The van der Waals surface area contributed by atoms with Crippen molar-refractivity contribution in [1.29, 1.82) is 0 Å². The van der Waals surface area contributed by atoms with E-state index in [1.807, 2.05) is 24.3 Å². The van der Waals surface area contributed by atoms with Crippen LogP contribution in [0.15, 0.2) is 78.5 Å². The summed E-state index contributed by atoms with van der Waals surface area (Å²) in [5.41, 5.74) is 2.33. The summed E-state index contributed by atoms with van der Waals surface area (Å²) in [5, 5.41) is 6.31. The van der Waals surface area contributed by atoms with E-state index in [2.05, 4.69) is 49.0 Å². The molecule has 0 saturated carbocycles. The molecule has 1 saturated heterocycles. The van der Waals surface area contributed by atoms with Crippen LogP contribution in [-0.4, -0.2) is 63.6 Å². The second kappa shape index (κ2) is 9.96. The Morgan fingerprint density at radius 2 is 1.86 bits per heavy atom. The number of nitrogens with zero attached hydrogens (tertiary/aromatic N) is 6. The normalized spacial score (nSPS) is 14.0. The van der Waals surface area contributed by atoms with Gasteiger partial charge in [0, 0.05) is 56.0 Å². The zero-order valence-corrected chi connectivity index (χ0v) is 19.9. The molecule has 10 nitrogen and oxygen atoms in total. The van der Waals surface area contributed by atoms with Gasteiger partial charge in [-0.2, -0.15) is 4.98 Å². The number of carbonyl (C=O) groups is 1. The molecule has 1 fully saturated rings. The molecule has 36 heavy (non-hydrogen) atoms. The smallest absolute Gasteiger partial charge is 0.247 e. The molecule has 3 aromatic heterocycles. The number of hydrogen-bond donors (Lipinski definition) is 2. The SMILES string of the molecule is C=CC(=O)Nc1cccc(-n2ccc(=O)c3cnc(Nc4ccc(N5CCN(C)CC5)nc4)nc32)c1. The topological polar surface area (TPSA) is 108 Å². The lowest BCUT2D eigenvalue weighted by molar-refractivity contribution is -0.111. The van der Waals surface area contributed by atoms with Gasteiger partial charge in [0.1, 0.15) is 5.82 Å².